The van der Waals surface area contributed by atoms with Crippen LogP contribution in [0, 0.1) is 0 Å². The zero-order valence-electron chi connectivity index (χ0n) is 5.55. The van der Waals surface area contributed by atoms with E-state index in [4.69, 9.17) is 5.11 Å². The van der Waals surface area contributed by atoms with Crippen LogP contribution in [0.3, 0.4) is 0 Å². The molecule has 3 nitrogen and oxygen atoms in total. The van der Waals surface area contributed by atoms with Crippen molar-refractivity contribution in [2.45, 2.75) is 32.0 Å². The SMILES string of the molecule is CC1CC(C)(O)C(=O)O1. The van der Waals surface area contributed by atoms with Gasteiger partial charge in [-0.25, -0.2) is 4.79 Å². The fourth-order valence-corrected chi connectivity index (χ4v) is 0.994. The minimum absolute atomic E-state index is 0.132. The number of aliphatic hydroxyl groups is 1. The molecular weight excluding hydrogens is 120 g/mol. The second-order valence-corrected chi connectivity index (χ2v) is 2.69. The standard InChI is InChI=1S/C6H10O3/c1-4-3-6(2,8)5(7)9-4/h4,8H,3H2,1-2H3. The molecule has 1 aliphatic heterocycles. The largest absolute Gasteiger partial charge is 0.460 e. The van der Waals surface area contributed by atoms with Crippen molar-refractivity contribution < 1.29 is 14.6 Å². The molecule has 3 heteroatoms. The summed E-state index contributed by atoms with van der Waals surface area (Å²) in [5.41, 5.74) is -1.24. The summed E-state index contributed by atoms with van der Waals surface area (Å²) >= 11 is 0. The van der Waals surface area contributed by atoms with Crippen LogP contribution >= 0.6 is 0 Å². The molecule has 2 atom stereocenters. The quantitative estimate of drug-likeness (QED) is 0.472. The van der Waals surface area contributed by atoms with Gasteiger partial charge in [-0.15, -0.1) is 0 Å². The molecule has 0 aromatic carbocycles. The third-order valence-electron chi connectivity index (χ3n) is 1.43. The molecule has 1 rings (SSSR count). The summed E-state index contributed by atoms with van der Waals surface area (Å²) in [6.07, 6.45) is 0.277. The lowest BCUT2D eigenvalue weighted by atomic mass is 10.0. The van der Waals surface area contributed by atoms with Crippen LogP contribution in [-0.2, 0) is 9.53 Å². The summed E-state index contributed by atoms with van der Waals surface area (Å²) < 4.78 is 4.69. The summed E-state index contributed by atoms with van der Waals surface area (Å²) in [5.74, 6) is -0.505. The third-order valence-corrected chi connectivity index (χ3v) is 1.43. The number of ether oxygens (including phenoxy) is 1. The number of rotatable bonds is 0. The number of carbonyl (C=O) groups excluding carboxylic acids is 1. The van der Waals surface area contributed by atoms with Crippen LogP contribution in [0.1, 0.15) is 20.3 Å². The van der Waals surface area contributed by atoms with Crippen LogP contribution in [-0.4, -0.2) is 22.8 Å². The van der Waals surface area contributed by atoms with Gasteiger partial charge < -0.3 is 9.84 Å². The summed E-state index contributed by atoms with van der Waals surface area (Å²) in [7, 11) is 0. The highest BCUT2D eigenvalue weighted by atomic mass is 16.6. The van der Waals surface area contributed by atoms with E-state index in [9.17, 15) is 4.79 Å². The zero-order chi connectivity index (χ0) is 7.07. The van der Waals surface area contributed by atoms with Crippen molar-refractivity contribution in [3.63, 3.8) is 0 Å². The van der Waals surface area contributed by atoms with E-state index in [1.54, 1.807) is 6.92 Å². The maximum atomic E-state index is 10.6. The Labute approximate surface area is 53.6 Å². The molecule has 9 heavy (non-hydrogen) atoms. The minimum atomic E-state index is -1.24. The molecule has 0 bridgehead atoms. The molecule has 1 N–H and O–H groups in total. The summed E-state index contributed by atoms with van der Waals surface area (Å²) in [4.78, 5) is 10.6. The molecule has 0 spiro atoms. The van der Waals surface area contributed by atoms with Crippen molar-refractivity contribution >= 4 is 5.97 Å². The number of hydrogen-bond acceptors (Lipinski definition) is 3. The predicted molar refractivity (Wildman–Crippen MR) is 30.8 cm³/mol. The van der Waals surface area contributed by atoms with Gasteiger partial charge in [0.2, 0.25) is 0 Å². The van der Waals surface area contributed by atoms with Gasteiger partial charge in [0.15, 0.2) is 5.60 Å². The Kier molecular flexibility index (Phi) is 1.24. The predicted octanol–water partition coefficient (Wildman–Crippen LogP) is 0.0728. The molecule has 1 fully saturated rings. The van der Waals surface area contributed by atoms with Gasteiger partial charge in [-0.2, -0.15) is 0 Å². The highest BCUT2D eigenvalue weighted by Crippen LogP contribution is 2.23. The van der Waals surface area contributed by atoms with Crippen molar-refractivity contribution in [1.82, 2.24) is 0 Å². The Balaban J connectivity index is 2.70. The molecule has 0 radical (unpaired) electrons. The van der Waals surface area contributed by atoms with E-state index in [0.29, 0.717) is 6.42 Å². The minimum Gasteiger partial charge on any atom is -0.460 e. The zero-order valence-corrected chi connectivity index (χ0v) is 5.55. The summed E-state index contributed by atoms with van der Waals surface area (Å²) in [6.45, 7) is 3.23. The van der Waals surface area contributed by atoms with Crippen LogP contribution in [0.2, 0.25) is 0 Å². The first-order valence-electron chi connectivity index (χ1n) is 2.96. The van der Waals surface area contributed by atoms with Gasteiger partial charge in [-0.05, 0) is 13.8 Å². The molecule has 1 heterocycles. The van der Waals surface area contributed by atoms with Crippen molar-refractivity contribution in [2.75, 3.05) is 0 Å². The number of esters is 1. The van der Waals surface area contributed by atoms with Gasteiger partial charge in [0.25, 0.3) is 0 Å². The molecule has 2 unspecified atom stereocenters. The number of hydrogen-bond donors (Lipinski definition) is 1. The molecule has 0 aliphatic carbocycles. The van der Waals surface area contributed by atoms with Crippen LogP contribution in [0.15, 0.2) is 0 Å². The van der Waals surface area contributed by atoms with Gasteiger partial charge in [0, 0.05) is 6.42 Å². The average molecular weight is 130 g/mol. The third kappa shape index (κ3) is 1.05. The molecular formula is C6H10O3. The molecule has 0 aromatic rings. The first-order chi connectivity index (χ1) is 4.02. The van der Waals surface area contributed by atoms with Crippen LogP contribution in [0.5, 0.6) is 0 Å². The summed E-state index contributed by atoms with van der Waals surface area (Å²) in [5, 5.41) is 9.16. The fraction of sp³-hybridized carbons (Fsp3) is 0.833. The van der Waals surface area contributed by atoms with Crippen LogP contribution < -0.4 is 0 Å². The van der Waals surface area contributed by atoms with Crippen molar-refractivity contribution in [2.24, 2.45) is 0 Å². The van der Waals surface area contributed by atoms with E-state index in [2.05, 4.69) is 4.74 Å². The van der Waals surface area contributed by atoms with Gasteiger partial charge in [0.1, 0.15) is 6.10 Å². The van der Waals surface area contributed by atoms with E-state index in [-0.39, 0.29) is 6.10 Å². The lowest BCUT2D eigenvalue weighted by Gasteiger charge is -2.07. The van der Waals surface area contributed by atoms with Crippen molar-refractivity contribution in [1.29, 1.82) is 0 Å². The van der Waals surface area contributed by atoms with Crippen LogP contribution in [0.25, 0.3) is 0 Å². The lowest BCUT2D eigenvalue weighted by molar-refractivity contribution is -0.153. The Morgan fingerprint density at radius 1 is 1.89 bits per heavy atom. The Morgan fingerprint density at radius 3 is 2.56 bits per heavy atom. The first-order valence-corrected chi connectivity index (χ1v) is 2.96. The highest BCUT2D eigenvalue weighted by Gasteiger charge is 2.41. The second kappa shape index (κ2) is 1.70. The van der Waals surface area contributed by atoms with E-state index in [0.717, 1.165) is 0 Å². The average Bonchev–Trinajstić information content (AvgIpc) is 1.79. The number of carbonyl (C=O) groups is 1. The van der Waals surface area contributed by atoms with Gasteiger partial charge in [0.05, 0.1) is 0 Å². The lowest BCUT2D eigenvalue weighted by Crippen LogP contribution is -2.29. The smallest absolute Gasteiger partial charge is 0.338 e. The van der Waals surface area contributed by atoms with E-state index >= 15 is 0 Å². The maximum Gasteiger partial charge on any atom is 0.338 e. The Bertz CT molecular complexity index is 139. The molecule has 0 amide bonds. The molecule has 0 aromatic heterocycles. The Morgan fingerprint density at radius 2 is 2.44 bits per heavy atom. The van der Waals surface area contributed by atoms with Gasteiger partial charge in [-0.3, -0.25) is 0 Å². The first kappa shape index (κ1) is 6.55. The highest BCUT2D eigenvalue weighted by molar-refractivity contribution is 5.80. The van der Waals surface area contributed by atoms with Crippen LogP contribution in [0.4, 0.5) is 0 Å². The van der Waals surface area contributed by atoms with Crippen molar-refractivity contribution in [3.05, 3.63) is 0 Å². The van der Waals surface area contributed by atoms with E-state index in [1.807, 2.05) is 0 Å². The fourth-order valence-electron chi connectivity index (χ4n) is 0.994. The molecule has 1 aliphatic rings. The van der Waals surface area contributed by atoms with Gasteiger partial charge in [-0.1, -0.05) is 0 Å². The second-order valence-electron chi connectivity index (χ2n) is 2.69. The Hall–Kier alpha value is -0.570. The number of cyclic esters (lactones) is 1. The van der Waals surface area contributed by atoms with Crippen molar-refractivity contribution in [3.8, 4) is 0 Å². The summed E-state index contributed by atoms with van der Waals surface area (Å²) in [6, 6.07) is 0. The monoisotopic (exact) mass is 130 g/mol. The topological polar surface area (TPSA) is 46.5 Å². The molecule has 52 valence electrons. The maximum absolute atomic E-state index is 10.6. The van der Waals surface area contributed by atoms with E-state index < -0.39 is 11.6 Å². The normalized spacial score (nSPS) is 43.0. The van der Waals surface area contributed by atoms with Gasteiger partial charge >= 0.3 is 5.97 Å². The van der Waals surface area contributed by atoms with E-state index in [1.165, 1.54) is 6.92 Å². The molecule has 0 saturated carbocycles. The molecule has 1 saturated heterocycles.